The van der Waals surface area contributed by atoms with Gasteiger partial charge in [-0.25, -0.2) is 0 Å². The molecule has 3 heteroatoms. The lowest BCUT2D eigenvalue weighted by Gasteiger charge is -2.22. The largest absolute Gasteiger partial charge is 0.481 e. The monoisotopic (exact) mass is 337 g/mol. The number of carbonyl (C=O) groups is 1. The number of fused-ring (bicyclic) bond motifs is 1. The quantitative estimate of drug-likeness (QED) is 0.836. The third-order valence-electron chi connectivity index (χ3n) is 4.93. The predicted molar refractivity (Wildman–Crippen MR) is 101 cm³/mol. The van der Waals surface area contributed by atoms with Crippen LogP contribution in [0.25, 0.3) is 0 Å². The maximum Gasteiger partial charge on any atom is 0.261 e. The van der Waals surface area contributed by atoms with E-state index in [4.69, 9.17) is 4.74 Å². The highest BCUT2D eigenvalue weighted by atomic mass is 16.5. The van der Waals surface area contributed by atoms with Crippen LogP contribution < -0.4 is 10.1 Å². The average Bonchev–Trinajstić information content (AvgIpc) is 2.66. The molecule has 3 rings (SSSR count). The summed E-state index contributed by atoms with van der Waals surface area (Å²) < 4.78 is 5.91. The molecule has 0 aromatic heterocycles. The Morgan fingerprint density at radius 2 is 1.80 bits per heavy atom. The fraction of sp³-hybridized carbons (Fsp3) is 0.409. The van der Waals surface area contributed by atoms with Crippen molar-refractivity contribution in [2.75, 3.05) is 0 Å². The minimum absolute atomic E-state index is 0.0169. The van der Waals surface area contributed by atoms with Crippen LogP contribution in [0.15, 0.2) is 48.5 Å². The molecule has 0 saturated heterocycles. The Morgan fingerprint density at radius 1 is 1.08 bits per heavy atom. The fourth-order valence-corrected chi connectivity index (χ4v) is 3.44. The Bertz CT molecular complexity index is 711. The van der Waals surface area contributed by atoms with Gasteiger partial charge in [0.15, 0.2) is 6.10 Å². The van der Waals surface area contributed by atoms with Gasteiger partial charge in [-0.05, 0) is 67.9 Å². The van der Waals surface area contributed by atoms with Gasteiger partial charge in [0.25, 0.3) is 5.91 Å². The summed E-state index contributed by atoms with van der Waals surface area (Å²) in [6, 6.07) is 16.3. The van der Waals surface area contributed by atoms with Crippen molar-refractivity contribution in [1.82, 2.24) is 5.32 Å². The Morgan fingerprint density at radius 3 is 2.52 bits per heavy atom. The molecule has 0 heterocycles. The van der Waals surface area contributed by atoms with Crippen molar-refractivity contribution in [3.8, 4) is 5.75 Å². The number of benzene rings is 2. The number of hydrogen-bond acceptors (Lipinski definition) is 2. The van der Waals surface area contributed by atoms with Crippen LogP contribution in [0.5, 0.6) is 5.75 Å². The van der Waals surface area contributed by atoms with Crippen molar-refractivity contribution >= 4 is 5.91 Å². The molecule has 0 spiro atoms. The van der Waals surface area contributed by atoms with Crippen LogP contribution in [-0.4, -0.2) is 12.0 Å². The number of aryl methyl sites for hydroxylation is 2. The molecule has 2 aromatic carbocycles. The molecule has 0 radical (unpaired) electrons. The molecular formula is C22H27NO2. The van der Waals surface area contributed by atoms with Crippen molar-refractivity contribution < 1.29 is 9.53 Å². The summed E-state index contributed by atoms with van der Waals surface area (Å²) in [5, 5.41) is 3.10. The fourth-order valence-electron chi connectivity index (χ4n) is 3.44. The summed E-state index contributed by atoms with van der Waals surface area (Å²) in [6.07, 6.45) is 5.10. The van der Waals surface area contributed by atoms with Crippen LogP contribution >= 0.6 is 0 Å². The van der Waals surface area contributed by atoms with Crippen molar-refractivity contribution in [3.63, 3.8) is 0 Å². The van der Waals surface area contributed by atoms with Gasteiger partial charge in [-0.3, -0.25) is 4.79 Å². The average molecular weight is 337 g/mol. The van der Waals surface area contributed by atoms with E-state index in [2.05, 4.69) is 24.4 Å². The van der Waals surface area contributed by atoms with Gasteiger partial charge in [0.2, 0.25) is 0 Å². The molecular weight excluding hydrogens is 310 g/mol. The van der Waals surface area contributed by atoms with Crippen LogP contribution in [0.1, 0.15) is 55.8 Å². The molecule has 1 N–H and O–H groups in total. The summed E-state index contributed by atoms with van der Waals surface area (Å²) >= 11 is 0. The van der Waals surface area contributed by atoms with Gasteiger partial charge in [-0.15, -0.1) is 0 Å². The van der Waals surface area contributed by atoms with Crippen LogP contribution in [0, 0.1) is 0 Å². The molecule has 0 unspecified atom stereocenters. The topological polar surface area (TPSA) is 38.3 Å². The third kappa shape index (κ3) is 4.41. The first kappa shape index (κ1) is 17.5. The van der Waals surface area contributed by atoms with E-state index in [0.29, 0.717) is 0 Å². The Hall–Kier alpha value is -2.29. The molecule has 0 fully saturated rings. The van der Waals surface area contributed by atoms with Crippen molar-refractivity contribution in [2.45, 2.75) is 58.1 Å². The number of hydrogen-bond donors (Lipinski definition) is 1. The Balaban J connectivity index is 1.62. The van der Waals surface area contributed by atoms with Crippen LogP contribution in [0.3, 0.4) is 0 Å². The highest BCUT2D eigenvalue weighted by molar-refractivity contribution is 5.81. The van der Waals surface area contributed by atoms with E-state index in [1.165, 1.54) is 24.0 Å². The van der Waals surface area contributed by atoms with Gasteiger partial charge >= 0.3 is 0 Å². The molecule has 3 nitrogen and oxygen atoms in total. The maximum absolute atomic E-state index is 12.5. The van der Waals surface area contributed by atoms with Crippen LogP contribution in [0.2, 0.25) is 0 Å². The van der Waals surface area contributed by atoms with E-state index >= 15 is 0 Å². The molecule has 0 bridgehead atoms. The van der Waals surface area contributed by atoms with Gasteiger partial charge in [-0.1, -0.05) is 43.3 Å². The maximum atomic E-state index is 12.5. The molecule has 2 aromatic rings. The minimum Gasteiger partial charge on any atom is -0.481 e. The number of carbonyl (C=O) groups excluding carboxylic acids is 1. The zero-order valence-electron chi connectivity index (χ0n) is 15.1. The first-order valence-electron chi connectivity index (χ1n) is 9.31. The molecule has 1 amide bonds. The summed E-state index contributed by atoms with van der Waals surface area (Å²) in [5.41, 5.74) is 3.91. The van der Waals surface area contributed by atoms with E-state index in [1.807, 2.05) is 43.3 Å². The van der Waals surface area contributed by atoms with E-state index < -0.39 is 6.10 Å². The lowest BCUT2D eigenvalue weighted by Crippen LogP contribution is -2.38. The third-order valence-corrected chi connectivity index (χ3v) is 4.93. The first-order valence-corrected chi connectivity index (χ1v) is 9.31. The summed E-state index contributed by atoms with van der Waals surface area (Å²) in [6.45, 7) is 3.89. The second kappa shape index (κ2) is 8.19. The van der Waals surface area contributed by atoms with Crippen molar-refractivity contribution in [2.24, 2.45) is 0 Å². The Kier molecular flexibility index (Phi) is 5.75. The van der Waals surface area contributed by atoms with Gasteiger partial charge in [-0.2, -0.15) is 0 Å². The van der Waals surface area contributed by atoms with E-state index in [1.54, 1.807) is 0 Å². The molecule has 132 valence electrons. The zero-order chi connectivity index (χ0) is 17.6. The minimum atomic E-state index is -0.514. The normalized spacial score (nSPS) is 15.8. The molecule has 0 saturated carbocycles. The molecule has 1 aliphatic rings. The smallest absolute Gasteiger partial charge is 0.261 e. The lowest BCUT2D eigenvalue weighted by molar-refractivity contribution is -0.128. The highest BCUT2D eigenvalue weighted by Crippen LogP contribution is 2.26. The Labute approximate surface area is 150 Å². The van der Waals surface area contributed by atoms with Crippen LogP contribution in [0.4, 0.5) is 0 Å². The van der Waals surface area contributed by atoms with Gasteiger partial charge in [0, 0.05) is 0 Å². The molecule has 1 aliphatic carbocycles. The first-order chi connectivity index (χ1) is 12.2. The number of rotatable bonds is 6. The van der Waals surface area contributed by atoms with E-state index in [0.717, 1.165) is 30.6 Å². The summed E-state index contributed by atoms with van der Waals surface area (Å²) in [5.74, 6) is 0.712. The van der Waals surface area contributed by atoms with Gasteiger partial charge in [0.1, 0.15) is 5.75 Å². The number of amides is 1. The predicted octanol–water partition coefficient (Wildman–Crippen LogP) is 4.60. The van der Waals surface area contributed by atoms with Crippen LogP contribution in [-0.2, 0) is 17.6 Å². The second-order valence-electron chi connectivity index (χ2n) is 6.78. The van der Waals surface area contributed by atoms with Crippen molar-refractivity contribution in [1.29, 1.82) is 0 Å². The van der Waals surface area contributed by atoms with Crippen molar-refractivity contribution in [3.05, 3.63) is 65.2 Å². The van der Waals surface area contributed by atoms with E-state index in [-0.39, 0.29) is 11.9 Å². The lowest BCUT2D eigenvalue weighted by atomic mass is 9.92. The number of nitrogens with one attached hydrogen (secondary N) is 1. The molecule has 2 atom stereocenters. The zero-order valence-corrected chi connectivity index (χ0v) is 15.1. The second-order valence-corrected chi connectivity index (χ2v) is 6.78. The standard InChI is InChI=1S/C22H27NO2/c1-3-21(18-10-5-4-6-11-18)23-22(24)16(2)25-20-14-13-17-9-7-8-12-19(17)15-20/h4-6,10-11,13-16,21H,3,7-9,12H2,1-2H3,(H,23,24)/t16-,21+/m0/s1. The summed E-state index contributed by atoms with van der Waals surface area (Å²) in [7, 11) is 0. The van der Waals surface area contributed by atoms with E-state index in [9.17, 15) is 4.79 Å². The molecule has 0 aliphatic heterocycles. The SMILES string of the molecule is CC[C@@H](NC(=O)[C@H](C)Oc1ccc2c(c1)CCCC2)c1ccccc1. The van der Waals surface area contributed by atoms with Gasteiger partial charge in [0.05, 0.1) is 6.04 Å². The number of ether oxygens (including phenoxy) is 1. The molecule has 25 heavy (non-hydrogen) atoms. The summed E-state index contributed by atoms with van der Waals surface area (Å²) in [4.78, 5) is 12.5. The van der Waals surface area contributed by atoms with Gasteiger partial charge < -0.3 is 10.1 Å². The highest BCUT2D eigenvalue weighted by Gasteiger charge is 2.20.